The molecule has 0 spiro atoms. The Labute approximate surface area is 154 Å². The van der Waals surface area contributed by atoms with Crippen molar-refractivity contribution in [2.45, 2.75) is 89.8 Å². The zero-order valence-corrected chi connectivity index (χ0v) is 17.1. The fourth-order valence-corrected chi connectivity index (χ4v) is 3.52. The van der Waals surface area contributed by atoms with Crippen molar-refractivity contribution in [3.05, 3.63) is 0 Å². The number of methoxy groups -OCH3 is 3. The van der Waals surface area contributed by atoms with E-state index in [2.05, 4.69) is 13.8 Å². The summed E-state index contributed by atoms with van der Waals surface area (Å²) in [5, 5.41) is 0. The Hall–Kier alpha value is -0.200. The van der Waals surface area contributed by atoms with Crippen LogP contribution in [0.3, 0.4) is 0 Å². The van der Waals surface area contributed by atoms with Crippen molar-refractivity contribution >= 4 is 0 Å². The number of unbranched alkanes of at least 4 members (excludes halogenated alkanes) is 5. The number of ether oxygens (including phenoxy) is 5. The number of hydrogen-bond donors (Lipinski definition) is 0. The third-order valence-corrected chi connectivity index (χ3v) is 5.10. The van der Waals surface area contributed by atoms with Crippen LogP contribution in [0.25, 0.3) is 0 Å². The van der Waals surface area contributed by atoms with Gasteiger partial charge in [0.1, 0.15) is 6.10 Å². The second-order valence-corrected chi connectivity index (χ2v) is 6.99. The third-order valence-electron chi connectivity index (χ3n) is 5.10. The predicted molar refractivity (Wildman–Crippen MR) is 99.6 cm³/mol. The minimum Gasteiger partial charge on any atom is -0.375 e. The third kappa shape index (κ3) is 7.92. The smallest absolute Gasteiger partial charge is 0.287 e. The second-order valence-electron chi connectivity index (χ2n) is 6.99. The SMILES string of the molecule is CCCCCCCCC(C(CCC)OCC1CO1)C(OC)(OC)OC. The molecule has 5 heteroatoms. The van der Waals surface area contributed by atoms with Crippen molar-refractivity contribution < 1.29 is 23.7 Å². The molecule has 0 N–H and O–H groups in total. The van der Waals surface area contributed by atoms with E-state index < -0.39 is 5.97 Å². The molecule has 25 heavy (non-hydrogen) atoms. The summed E-state index contributed by atoms with van der Waals surface area (Å²) in [5.74, 6) is -1.01. The maximum Gasteiger partial charge on any atom is 0.287 e. The van der Waals surface area contributed by atoms with E-state index in [1.54, 1.807) is 21.3 Å². The molecule has 150 valence electrons. The Morgan fingerprint density at radius 1 is 0.880 bits per heavy atom. The second kappa shape index (κ2) is 13.0. The van der Waals surface area contributed by atoms with Crippen molar-refractivity contribution in [3.8, 4) is 0 Å². The summed E-state index contributed by atoms with van der Waals surface area (Å²) in [6.45, 7) is 5.88. The van der Waals surface area contributed by atoms with Crippen LogP contribution in [0, 0.1) is 5.92 Å². The number of rotatable bonds is 17. The molecular weight excluding hydrogens is 320 g/mol. The summed E-state index contributed by atoms with van der Waals surface area (Å²) in [6, 6.07) is 0. The molecule has 1 rings (SSSR count). The lowest BCUT2D eigenvalue weighted by Gasteiger charge is -2.40. The molecule has 1 aliphatic rings. The highest BCUT2D eigenvalue weighted by molar-refractivity contribution is 4.81. The van der Waals surface area contributed by atoms with Crippen LogP contribution in [0.4, 0.5) is 0 Å². The zero-order valence-electron chi connectivity index (χ0n) is 17.1. The van der Waals surface area contributed by atoms with E-state index >= 15 is 0 Å². The Kier molecular flexibility index (Phi) is 11.9. The fourth-order valence-electron chi connectivity index (χ4n) is 3.52. The van der Waals surface area contributed by atoms with Crippen LogP contribution < -0.4 is 0 Å². The molecule has 0 aromatic rings. The molecule has 0 aromatic heterocycles. The Bertz CT molecular complexity index is 307. The first kappa shape index (κ1) is 22.8. The molecule has 0 bridgehead atoms. The quantitative estimate of drug-likeness (QED) is 0.217. The predicted octanol–water partition coefficient (Wildman–Crippen LogP) is 4.53. The van der Waals surface area contributed by atoms with Gasteiger partial charge in [-0.25, -0.2) is 0 Å². The van der Waals surface area contributed by atoms with Gasteiger partial charge in [0.05, 0.1) is 25.2 Å². The lowest BCUT2D eigenvalue weighted by molar-refractivity contribution is -0.390. The van der Waals surface area contributed by atoms with Crippen LogP contribution in [0.1, 0.15) is 71.6 Å². The van der Waals surface area contributed by atoms with Gasteiger partial charge in [0.15, 0.2) is 0 Å². The number of epoxide rings is 1. The minimum atomic E-state index is -1.05. The first-order valence-electron chi connectivity index (χ1n) is 10.1. The monoisotopic (exact) mass is 360 g/mol. The molecule has 0 radical (unpaired) electrons. The molecule has 3 atom stereocenters. The van der Waals surface area contributed by atoms with Crippen LogP contribution in [-0.2, 0) is 23.7 Å². The van der Waals surface area contributed by atoms with Gasteiger partial charge >= 0.3 is 0 Å². The first-order chi connectivity index (χ1) is 12.2. The molecule has 0 aliphatic carbocycles. The van der Waals surface area contributed by atoms with E-state index in [0.717, 1.165) is 32.3 Å². The van der Waals surface area contributed by atoms with Crippen molar-refractivity contribution in [2.75, 3.05) is 34.5 Å². The van der Waals surface area contributed by atoms with Gasteiger partial charge in [0.25, 0.3) is 5.97 Å². The normalized spacial score (nSPS) is 19.8. The molecule has 1 aliphatic heterocycles. The number of hydrogen-bond acceptors (Lipinski definition) is 5. The zero-order chi connectivity index (χ0) is 18.5. The first-order valence-corrected chi connectivity index (χ1v) is 10.1. The minimum absolute atomic E-state index is 0.0392. The van der Waals surface area contributed by atoms with Gasteiger partial charge < -0.3 is 23.7 Å². The summed E-state index contributed by atoms with van der Waals surface area (Å²) < 4.78 is 28.6. The van der Waals surface area contributed by atoms with Crippen LogP contribution in [0.15, 0.2) is 0 Å². The highest BCUT2D eigenvalue weighted by Crippen LogP contribution is 2.35. The van der Waals surface area contributed by atoms with Crippen molar-refractivity contribution in [1.82, 2.24) is 0 Å². The molecule has 0 aromatic carbocycles. The van der Waals surface area contributed by atoms with E-state index in [1.165, 1.54) is 32.1 Å². The largest absolute Gasteiger partial charge is 0.375 e. The van der Waals surface area contributed by atoms with E-state index in [1.807, 2.05) is 0 Å². The van der Waals surface area contributed by atoms with Crippen LogP contribution in [0.2, 0.25) is 0 Å². The summed E-state index contributed by atoms with van der Waals surface area (Å²) in [4.78, 5) is 0. The molecule has 1 heterocycles. The van der Waals surface area contributed by atoms with Gasteiger partial charge in [0, 0.05) is 21.3 Å². The summed E-state index contributed by atoms with van der Waals surface area (Å²) >= 11 is 0. The maximum atomic E-state index is 6.21. The topological polar surface area (TPSA) is 49.5 Å². The Morgan fingerprint density at radius 3 is 2.00 bits per heavy atom. The van der Waals surface area contributed by atoms with E-state index in [0.29, 0.717) is 6.61 Å². The van der Waals surface area contributed by atoms with Crippen molar-refractivity contribution in [3.63, 3.8) is 0 Å². The van der Waals surface area contributed by atoms with E-state index in [4.69, 9.17) is 23.7 Å². The molecule has 1 saturated heterocycles. The van der Waals surface area contributed by atoms with Crippen LogP contribution in [0.5, 0.6) is 0 Å². The van der Waals surface area contributed by atoms with Crippen LogP contribution in [-0.4, -0.2) is 52.7 Å². The van der Waals surface area contributed by atoms with Crippen LogP contribution >= 0.6 is 0 Å². The molecule has 1 fully saturated rings. The highest BCUT2D eigenvalue weighted by Gasteiger charge is 2.45. The summed E-state index contributed by atoms with van der Waals surface area (Å²) in [5.41, 5.74) is 0. The molecule has 3 unspecified atom stereocenters. The molecule has 0 amide bonds. The maximum absolute atomic E-state index is 6.21. The average Bonchev–Trinajstić information content (AvgIpc) is 3.46. The lowest BCUT2D eigenvalue weighted by Crippen LogP contribution is -2.50. The lowest BCUT2D eigenvalue weighted by atomic mass is 9.89. The summed E-state index contributed by atoms with van der Waals surface area (Å²) in [7, 11) is 4.94. The van der Waals surface area contributed by atoms with Gasteiger partial charge in [-0.1, -0.05) is 58.8 Å². The van der Waals surface area contributed by atoms with E-state index in [9.17, 15) is 0 Å². The molecule has 5 nitrogen and oxygen atoms in total. The van der Waals surface area contributed by atoms with Gasteiger partial charge in [-0.2, -0.15) is 0 Å². The molecule has 0 saturated carbocycles. The van der Waals surface area contributed by atoms with Crippen molar-refractivity contribution in [2.24, 2.45) is 5.92 Å². The van der Waals surface area contributed by atoms with Gasteiger partial charge in [-0.15, -0.1) is 0 Å². The van der Waals surface area contributed by atoms with E-state index in [-0.39, 0.29) is 18.1 Å². The average molecular weight is 361 g/mol. The van der Waals surface area contributed by atoms with Gasteiger partial charge in [-0.05, 0) is 12.8 Å². The molecular formula is C20H40O5. The van der Waals surface area contributed by atoms with Gasteiger partial charge in [-0.3, -0.25) is 0 Å². The Morgan fingerprint density at radius 2 is 1.48 bits per heavy atom. The Balaban J connectivity index is 2.68. The van der Waals surface area contributed by atoms with Gasteiger partial charge in [0.2, 0.25) is 0 Å². The fraction of sp³-hybridized carbons (Fsp3) is 1.00. The van der Waals surface area contributed by atoms with Crippen molar-refractivity contribution in [1.29, 1.82) is 0 Å². The summed E-state index contributed by atoms with van der Waals surface area (Å²) in [6.07, 6.45) is 10.9. The highest BCUT2D eigenvalue weighted by atomic mass is 16.9. The standard InChI is InChI=1S/C20H40O5/c1-6-8-9-10-11-12-14-18(20(21-3,22-4)23-5)19(13-7-2)25-16-17-15-24-17/h17-19H,6-16H2,1-5H3.